The van der Waals surface area contributed by atoms with Crippen LogP contribution < -0.4 is 10.0 Å². The van der Waals surface area contributed by atoms with Gasteiger partial charge in [0.1, 0.15) is 5.54 Å². The molecule has 0 aromatic heterocycles. The third-order valence-corrected chi connectivity index (χ3v) is 8.23. The van der Waals surface area contributed by atoms with E-state index in [1.54, 1.807) is 0 Å². The summed E-state index contributed by atoms with van der Waals surface area (Å²) >= 11 is 7.11. The van der Waals surface area contributed by atoms with E-state index in [0.29, 0.717) is 6.42 Å². The lowest BCUT2D eigenvalue weighted by molar-refractivity contribution is -0.145. The third-order valence-electron chi connectivity index (χ3n) is 7.18. The van der Waals surface area contributed by atoms with Gasteiger partial charge in [0.15, 0.2) is 6.04 Å². The van der Waals surface area contributed by atoms with E-state index >= 15 is 0 Å². The topological polar surface area (TPSA) is 57.5 Å². The minimum absolute atomic E-state index is 0.257. The minimum Gasteiger partial charge on any atom is -0.464 e. The molecule has 0 saturated carbocycles. The van der Waals surface area contributed by atoms with E-state index in [1.165, 1.54) is 0 Å². The minimum atomic E-state index is -0.986. The van der Waals surface area contributed by atoms with Gasteiger partial charge in [-0.25, -0.2) is 14.8 Å². The first-order chi connectivity index (χ1) is 19.5. The average molecular weight is 658 g/mol. The molecule has 40 heavy (non-hydrogen) atoms. The molecule has 4 aromatic rings. The molecule has 2 atom stereocenters. The van der Waals surface area contributed by atoms with Gasteiger partial charge in [0, 0.05) is 20.9 Å². The summed E-state index contributed by atoms with van der Waals surface area (Å²) in [6.45, 7) is 2.09. The normalized spacial score (nSPS) is 20.0. The Hall–Kier alpha value is -3.75. The van der Waals surface area contributed by atoms with Crippen LogP contribution in [0.1, 0.15) is 24.5 Å². The van der Waals surface area contributed by atoms with Crippen LogP contribution in [0.15, 0.2) is 128 Å². The number of hydrogen-bond donors (Lipinski definition) is 0. The van der Waals surface area contributed by atoms with Crippen LogP contribution in [0.2, 0.25) is 0 Å². The number of carbonyl (C=O) groups excluding carboxylic acids is 1. The maximum Gasteiger partial charge on any atom is 0.333 e. The maximum absolute atomic E-state index is 14.1. The number of halogens is 2. The number of esters is 1. The molecule has 8 heteroatoms. The van der Waals surface area contributed by atoms with Crippen molar-refractivity contribution in [3.63, 3.8) is 0 Å². The van der Waals surface area contributed by atoms with Crippen molar-refractivity contribution in [3.05, 3.63) is 129 Å². The highest BCUT2D eigenvalue weighted by atomic mass is 79.9. The highest BCUT2D eigenvalue weighted by Crippen LogP contribution is 2.47. The molecule has 0 bridgehead atoms. The van der Waals surface area contributed by atoms with Gasteiger partial charge in [-0.3, -0.25) is 0 Å². The van der Waals surface area contributed by atoms with Crippen LogP contribution in [0, 0.1) is 0 Å². The quantitative estimate of drug-likeness (QED) is 0.203. The lowest BCUT2D eigenvalue weighted by Gasteiger charge is -2.40. The predicted molar refractivity (Wildman–Crippen MR) is 167 cm³/mol. The molecule has 2 aliphatic rings. The van der Waals surface area contributed by atoms with Gasteiger partial charge in [-0.15, -0.1) is 0 Å². The number of para-hydroxylation sites is 2. The molecule has 0 fully saturated rings. The van der Waals surface area contributed by atoms with E-state index in [1.807, 2.05) is 126 Å². The molecule has 0 unspecified atom stereocenters. The van der Waals surface area contributed by atoms with Gasteiger partial charge in [0.2, 0.25) is 0 Å². The van der Waals surface area contributed by atoms with Crippen molar-refractivity contribution < 1.29 is 9.53 Å². The molecule has 6 nitrogen and oxygen atoms in total. The van der Waals surface area contributed by atoms with Crippen molar-refractivity contribution in [2.45, 2.75) is 24.9 Å². The van der Waals surface area contributed by atoms with Crippen LogP contribution >= 0.6 is 31.9 Å². The summed E-state index contributed by atoms with van der Waals surface area (Å²) < 4.78 is 7.71. The molecule has 200 valence electrons. The zero-order chi connectivity index (χ0) is 27.7. The molecule has 0 aliphatic carbocycles. The van der Waals surface area contributed by atoms with E-state index in [-0.39, 0.29) is 12.6 Å². The molecule has 0 amide bonds. The van der Waals surface area contributed by atoms with Crippen molar-refractivity contribution in [2.24, 2.45) is 10.2 Å². The number of carbonyl (C=O) groups is 1. The van der Waals surface area contributed by atoms with Crippen molar-refractivity contribution in [2.75, 3.05) is 16.6 Å². The van der Waals surface area contributed by atoms with Crippen LogP contribution in [-0.4, -0.2) is 35.6 Å². The largest absolute Gasteiger partial charge is 0.464 e. The fraction of sp³-hybridized carbons (Fsp3) is 0.156. The molecular formula is C32H26Br2N4O2. The third kappa shape index (κ3) is 4.65. The summed E-state index contributed by atoms with van der Waals surface area (Å²) in [5, 5.41) is 14.2. The average Bonchev–Trinajstić information content (AvgIpc) is 3.54. The first-order valence-electron chi connectivity index (χ1n) is 13.1. The van der Waals surface area contributed by atoms with Crippen molar-refractivity contribution >= 4 is 60.6 Å². The van der Waals surface area contributed by atoms with Crippen LogP contribution in [0.3, 0.4) is 0 Å². The van der Waals surface area contributed by atoms with Gasteiger partial charge < -0.3 is 4.74 Å². The molecule has 0 N–H and O–H groups in total. The van der Waals surface area contributed by atoms with E-state index in [4.69, 9.17) is 14.9 Å². The monoisotopic (exact) mass is 656 g/mol. The van der Waals surface area contributed by atoms with Crippen LogP contribution in [0.4, 0.5) is 11.4 Å². The fourth-order valence-corrected chi connectivity index (χ4v) is 5.96. The predicted octanol–water partition coefficient (Wildman–Crippen LogP) is 7.42. The number of benzene rings is 4. The Bertz CT molecular complexity index is 1580. The van der Waals surface area contributed by atoms with Crippen LogP contribution in [0.25, 0.3) is 0 Å². The summed E-state index contributed by atoms with van der Waals surface area (Å²) in [4.78, 5) is 14.1. The SMILES string of the molecule is CCOC(=O)[C@H]1N(c2ccccc2)N=C(c2ccc(Br)cc2)[C@]12CC(c1ccc(Br)cc1)=NN2c1ccccc1. The molecular weight excluding hydrogens is 632 g/mol. The molecule has 1 spiro atoms. The summed E-state index contributed by atoms with van der Waals surface area (Å²) in [5.74, 6) is -0.351. The molecule has 6 rings (SSSR count). The lowest BCUT2D eigenvalue weighted by atomic mass is 9.77. The van der Waals surface area contributed by atoms with Gasteiger partial charge in [-0.1, -0.05) is 92.5 Å². The number of hydrazone groups is 2. The number of ether oxygens (including phenoxy) is 1. The first-order valence-corrected chi connectivity index (χ1v) is 14.6. The standard InChI is InChI=1S/C32H26Br2N4O2/c1-2-40-31(39)30-32(29(23-15-19-25(34)20-16-23)36-37(30)26-9-5-3-6-10-26)21-28(22-13-17-24(33)18-14-22)35-38(32)27-11-7-4-8-12-27/h3-20,30H,2,21H2,1H3/t30-,32-/m1/s1. The lowest BCUT2D eigenvalue weighted by Crippen LogP contribution is -2.62. The summed E-state index contributed by atoms with van der Waals surface area (Å²) in [6.07, 6.45) is 0.450. The Labute approximate surface area is 250 Å². The second-order valence-electron chi connectivity index (χ2n) is 9.59. The Morgan fingerprint density at radius 1 is 0.800 bits per heavy atom. The van der Waals surface area contributed by atoms with E-state index in [2.05, 4.69) is 31.9 Å². The second kappa shape index (κ2) is 11.0. The smallest absolute Gasteiger partial charge is 0.333 e. The van der Waals surface area contributed by atoms with Gasteiger partial charge in [-0.2, -0.15) is 10.2 Å². The zero-order valence-electron chi connectivity index (χ0n) is 21.7. The van der Waals surface area contributed by atoms with Crippen molar-refractivity contribution in [1.29, 1.82) is 0 Å². The molecule has 2 heterocycles. The summed E-state index contributed by atoms with van der Waals surface area (Å²) in [5.41, 5.74) is 4.19. The van der Waals surface area contributed by atoms with E-state index < -0.39 is 11.6 Å². The second-order valence-corrected chi connectivity index (χ2v) is 11.4. The number of nitrogens with zero attached hydrogens (tertiary/aromatic N) is 4. The van der Waals surface area contributed by atoms with Gasteiger partial charge in [-0.05, 0) is 61.0 Å². The van der Waals surface area contributed by atoms with Gasteiger partial charge in [0.05, 0.1) is 29.4 Å². The van der Waals surface area contributed by atoms with E-state index in [9.17, 15) is 4.79 Å². The molecule has 0 radical (unpaired) electrons. The Morgan fingerprint density at radius 3 is 1.93 bits per heavy atom. The molecule has 0 saturated heterocycles. The number of anilines is 2. The maximum atomic E-state index is 14.1. The Kier molecular flexibility index (Phi) is 7.29. The van der Waals surface area contributed by atoms with Gasteiger partial charge in [0.25, 0.3) is 0 Å². The van der Waals surface area contributed by atoms with Gasteiger partial charge >= 0.3 is 5.97 Å². The summed E-state index contributed by atoms with van der Waals surface area (Å²) in [6, 6.07) is 35.1. The van der Waals surface area contributed by atoms with Crippen LogP contribution in [-0.2, 0) is 9.53 Å². The fourth-order valence-electron chi connectivity index (χ4n) is 5.43. The Balaban J connectivity index is 1.62. The van der Waals surface area contributed by atoms with Crippen molar-refractivity contribution in [3.8, 4) is 0 Å². The zero-order valence-corrected chi connectivity index (χ0v) is 24.9. The molecule has 4 aromatic carbocycles. The van der Waals surface area contributed by atoms with Crippen molar-refractivity contribution in [1.82, 2.24) is 0 Å². The van der Waals surface area contributed by atoms with E-state index in [0.717, 1.165) is 42.9 Å². The Morgan fingerprint density at radius 2 is 1.35 bits per heavy atom. The van der Waals surface area contributed by atoms with Crippen LogP contribution in [0.5, 0.6) is 0 Å². The highest BCUT2D eigenvalue weighted by Gasteiger charge is 2.63. The number of rotatable bonds is 6. The summed E-state index contributed by atoms with van der Waals surface area (Å²) in [7, 11) is 0. The number of hydrogen-bond acceptors (Lipinski definition) is 6. The molecule has 2 aliphatic heterocycles. The highest BCUT2D eigenvalue weighted by molar-refractivity contribution is 9.10. The first kappa shape index (κ1) is 26.5.